The highest BCUT2D eigenvalue weighted by Gasteiger charge is 2.20. The Hall–Kier alpha value is -2.42. The number of halogens is 1. The topological polar surface area (TPSA) is 91.8 Å². The Morgan fingerprint density at radius 2 is 2.25 bits per heavy atom. The first-order valence-electron chi connectivity index (χ1n) is 8.91. The lowest BCUT2D eigenvalue weighted by Crippen LogP contribution is -2.24. The van der Waals surface area contributed by atoms with E-state index >= 15 is 0 Å². The first kappa shape index (κ1) is 20.3. The minimum absolute atomic E-state index is 0.0632. The number of rotatable bonds is 9. The molecule has 1 amide bonds. The summed E-state index contributed by atoms with van der Waals surface area (Å²) in [5.74, 6) is 0.449. The Bertz CT molecular complexity index is 799. The van der Waals surface area contributed by atoms with Crippen LogP contribution in [0.15, 0.2) is 30.6 Å². The van der Waals surface area contributed by atoms with Gasteiger partial charge < -0.3 is 24.3 Å². The summed E-state index contributed by atoms with van der Waals surface area (Å²) in [5.41, 5.74) is 1.10. The number of methoxy groups -OCH3 is 1. The van der Waals surface area contributed by atoms with Crippen LogP contribution in [0.3, 0.4) is 0 Å². The summed E-state index contributed by atoms with van der Waals surface area (Å²) in [6.07, 6.45) is 3.79. The molecule has 1 aliphatic heterocycles. The minimum Gasteiger partial charge on any atom is -0.475 e. The summed E-state index contributed by atoms with van der Waals surface area (Å²) >= 11 is 6.22. The Kier molecular flexibility index (Phi) is 7.41. The van der Waals surface area contributed by atoms with Gasteiger partial charge in [0.15, 0.2) is 0 Å². The Morgan fingerprint density at radius 1 is 1.36 bits per heavy atom. The third-order valence-corrected chi connectivity index (χ3v) is 4.32. The van der Waals surface area contributed by atoms with Crippen molar-refractivity contribution in [1.82, 2.24) is 15.3 Å². The van der Waals surface area contributed by atoms with Crippen LogP contribution in [-0.2, 0) is 16.0 Å². The van der Waals surface area contributed by atoms with E-state index in [0.29, 0.717) is 43.8 Å². The second kappa shape index (κ2) is 10.2. The van der Waals surface area contributed by atoms with Crippen LogP contribution in [0.5, 0.6) is 11.8 Å². The molecule has 150 valence electrons. The number of ether oxygens (including phenoxy) is 4. The van der Waals surface area contributed by atoms with Gasteiger partial charge in [-0.1, -0.05) is 17.7 Å². The van der Waals surface area contributed by atoms with Gasteiger partial charge in [0.05, 0.1) is 25.4 Å². The van der Waals surface area contributed by atoms with Crippen LogP contribution in [0.1, 0.15) is 22.3 Å². The Morgan fingerprint density at radius 3 is 3.00 bits per heavy atom. The van der Waals surface area contributed by atoms with Gasteiger partial charge >= 0.3 is 0 Å². The molecule has 0 aromatic carbocycles. The maximum Gasteiger partial charge on any atom is 0.253 e. The molecule has 1 fully saturated rings. The average molecular weight is 408 g/mol. The second-order valence-corrected chi connectivity index (χ2v) is 6.51. The zero-order valence-corrected chi connectivity index (χ0v) is 16.3. The van der Waals surface area contributed by atoms with E-state index in [1.165, 1.54) is 12.3 Å². The number of nitrogens with zero attached hydrogens (tertiary/aromatic N) is 2. The van der Waals surface area contributed by atoms with E-state index < -0.39 is 0 Å². The lowest BCUT2D eigenvalue weighted by Gasteiger charge is -2.13. The third kappa shape index (κ3) is 5.54. The number of amides is 1. The van der Waals surface area contributed by atoms with E-state index in [4.69, 9.17) is 30.5 Å². The fourth-order valence-corrected chi connectivity index (χ4v) is 2.80. The zero-order chi connectivity index (χ0) is 19.8. The molecule has 1 atom stereocenters. The van der Waals surface area contributed by atoms with E-state index in [2.05, 4.69) is 15.3 Å². The summed E-state index contributed by atoms with van der Waals surface area (Å²) in [6, 6.07) is 5.15. The second-order valence-electron chi connectivity index (χ2n) is 6.11. The van der Waals surface area contributed by atoms with Gasteiger partial charge in [0, 0.05) is 38.0 Å². The summed E-state index contributed by atoms with van der Waals surface area (Å²) in [4.78, 5) is 20.8. The maximum absolute atomic E-state index is 12.4. The van der Waals surface area contributed by atoms with E-state index in [1.807, 2.05) is 6.07 Å². The van der Waals surface area contributed by atoms with Crippen molar-refractivity contribution in [2.24, 2.45) is 0 Å². The number of nitrogens with one attached hydrogen (secondary N) is 1. The van der Waals surface area contributed by atoms with Crippen molar-refractivity contribution in [2.75, 3.05) is 33.5 Å². The van der Waals surface area contributed by atoms with Crippen LogP contribution in [0.25, 0.3) is 0 Å². The average Bonchev–Trinajstić information content (AvgIpc) is 3.22. The van der Waals surface area contributed by atoms with Crippen molar-refractivity contribution < 1.29 is 23.7 Å². The molecule has 28 heavy (non-hydrogen) atoms. The zero-order valence-electron chi connectivity index (χ0n) is 15.5. The van der Waals surface area contributed by atoms with Crippen LogP contribution < -0.4 is 14.8 Å². The summed E-state index contributed by atoms with van der Waals surface area (Å²) in [5, 5.41) is 3.10. The van der Waals surface area contributed by atoms with Crippen LogP contribution in [0, 0.1) is 0 Å². The van der Waals surface area contributed by atoms with Gasteiger partial charge in [-0.3, -0.25) is 4.79 Å². The lowest BCUT2D eigenvalue weighted by molar-refractivity contribution is 0.0949. The molecule has 2 aromatic rings. The number of carbonyl (C=O) groups is 1. The predicted octanol–water partition coefficient (Wildman–Crippen LogP) is 2.25. The molecule has 0 bridgehead atoms. The highest BCUT2D eigenvalue weighted by molar-refractivity contribution is 6.32. The molecule has 3 rings (SSSR count). The molecule has 9 heteroatoms. The number of carbonyl (C=O) groups excluding carboxylic acids is 1. The number of hydrogen-bond acceptors (Lipinski definition) is 7. The summed E-state index contributed by atoms with van der Waals surface area (Å²) in [7, 11) is 1.60. The van der Waals surface area contributed by atoms with Crippen molar-refractivity contribution in [3.8, 4) is 11.8 Å². The lowest BCUT2D eigenvalue weighted by atomic mass is 10.2. The standard InChI is InChI=1S/C19H22ClN3O5/c1-25-7-8-27-18-13(3-2-5-21-18)10-22-17(24)14-9-16(20)19(23-11-14)28-15-4-6-26-12-15/h2-3,5,9,11,15H,4,6-8,10,12H2,1H3,(H,22,24). The summed E-state index contributed by atoms with van der Waals surface area (Å²) < 4.78 is 21.5. The Labute approximate surface area is 168 Å². The quantitative estimate of drug-likeness (QED) is 0.637. The predicted molar refractivity (Wildman–Crippen MR) is 102 cm³/mol. The molecule has 0 aliphatic carbocycles. The highest BCUT2D eigenvalue weighted by atomic mass is 35.5. The molecule has 1 unspecified atom stereocenters. The number of aromatic nitrogens is 2. The van der Waals surface area contributed by atoms with E-state index in [9.17, 15) is 4.79 Å². The highest BCUT2D eigenvalue weighted by Crippen LogP contribution is 2.25. The number of pyridine rings is 2. The van der Waals surface area contributed by atoms with Gasteiger partial charge in [-0.25, -0.2) is 9.97 Å². The third-order valence-electron chi connectivity index (χ3n) is 4.05. The van der Waals surface area contributed by atoms with E-state index in [1.54, 1.807) is 19.4 Å². The van der Waals surface area contributed by atoms with Gasteiger partial charge in [-0.2, -0.15) is 0 Å². The largest absolute Gasteiger partial charge is 0.475 e. The van der Waals surface area contributed by atoms with Crippen molar-refractivity contribution >= 4 is 17.5 Å². The van der Waals surface area contributed by atoms with E-state index in [-0.39, 0.29) is 23.6 Å². The summed E-state index contributed by atoms with van der Waals surface area (Å²) in [6.45, 7) is 2.26. The van der Waals surface area contributed by atoms with Crippen molar-refractivity contribution in [3.05, 3.63) is 46.7 Å². The molecule has 1 N–H and O–H groups in total. The van der Waals surface area contributed by atoms with Gasteiger partial charge in [0.2, 0.25) is 11.8 Å². The van der Waals surface area contributed by atoms with Crippen LogP contribution >= 0.6 is 11.6 Å². The van der Waals surface area contributed by atoms with Gasteiger partial charge in [-0.05, 0) is 12.1 Å². The molecular formula is C19H22ClN3O5. The minimum atomic E-state index is -0.308. The normalized spacial score (nSPS) is 16.0. The smallest absolute Gasteiger partial charge is 0.253 e. The first-order valence-corrected chi connectivity index (χ1v) is 9.29. The fourth-order valence-electron chi connectivity index (χ4n) is 2.59. The van der Waals surface area contributed by atoms with Gasteiger partial charge in [-0.15, -0.1) is 0 Å². The van der Waals surface area contributed by atoms with Crippen LogP contribution in [-0.4, -0.2) is 55.5 Å². The van der Waals surface area contributed by atoms with Crippen molar-refractivity contribution in [1.29, 1.82) is 0 Å². The number of hydrogen-bond donors (Lipinski definition) is 1. The molecule has 0 radical (unpaired) electrons. The molecular weight excluding hydrogens is 386 g/mol. The molecule has 2 aromatic heterocycles. The fraction of sp³-hybridized carbons (Fsp3) is 0.421. The van der Waals surface area contributed by atoms with Gasteiger partial charge in [0.25, 0.3) is 5.91 Å². The van der Waals surface area contributed by atoms with Crippen molar-refractivity contribution in [2.45, 2.75) is 19.1 Å². The molecule has 8 nitrogen and oxygen atoms in total. The maximum atomic E-state index is 12.4. The van der Waals surface area contributed by atoms with E-state index in [0.717, 1.165) is 12.0 Å². The monoisotopic (exact) mass is 407 g/mol. The van der Waals surface area contributed by atoms with Crippen LogP contribution in [0.2, 0.25) is 5.02 Å². The molecule has 0 spiro atoms. The van der Waals surface area contributed by atoms with Gasteiger partial charge in [0.1, 0.15) is 17.7 Å². The Balaban J connectivity index is 1.58. The molecule has 1 saturated heterocycles. The SMILES string of the molecule is COCCOc1ncccc1CNC(=O)c1cnc(OC2CCOC2)c(Cl)c1. The molecule has 0 saturated carbocycles. The molecule has 3 heterocycles. The van der Waals surface area contributed by atoms with Crippen LogP contribution in [0.4, 0.5) is 0 Å². The molecule has 1 aliphatic rings. The first-order chi connectivity index (χ1) is 13.7. The van der Waals surface area contributed by atoms with Crippen molar-refractivity contribution in [3.63, 3.8) is 0 Å².